The minimum absolute atomic E-state index is 0.0510. The minimum Gasteiger partial charge on any atom is -0.476 e. The molecule has 0 aliphatic rings. The Balaban J connectivity index is 2.23. The number of carboxylic acid groups (broad SMARTS) is 1. The number of halogens is 2. The summed E-state index contributed by atoms with van der Waals surface area (Å²) in [5.41, 5.74) is 1.98. The van der Waals surface area contributed by atoms with Gasteiger partial charge in [-0.05, 0) is 30.3 Å². The molecule has 0 radical (unpaired) electrons. The van der Waals surface area contributed by atoms with Gasteiger partial charge in [0.2, 0.25) is 0 Å². The summed E-state index contributed by atoms with van der Waals surface area (Å²) in [7, 11) is 0. The maximum absolute atomic E-state index is 11.2. The van der Waals surface area contributed by atoms with Crippen LogP contribution in [-0.2, 0) is 0 Å². The SMILES string of the molecule is O=C(O)c1cc(-c2ccc(Cl)cc2)n(-c2ccccc2Cl)n1. The Morgan fingerprint density at radius 3 is 2.36 bits per heavy atom. The molecule has 0 spiro atoms. The van der Waals surface area contributed by atoms with Crippen LogP contribution in [0.5, 0.6) is 0 Å². The highest BCUT2D eigenvalue weighted by atomic mass is 35.5. The highest BCUT2D eigenvalue weighted by Crippen LogP contribution is 2.28. The van der Waals surface area contributed by atoms with E-state index in [4.69, 9.17) is 23.2 Å². The van der Waals surface area contributed by atoms with Crippen molar-refractivity contribution in [3.05, 3.63) is 70.3 Å². The summed E-state index contributed by atoms with van der Waals surface area (Å²) < 4.78 is 1.52. The summed E-state index contributed by atoms with van der Waals surface area (Å²) in [5.74, 6) is -1.10. The van der Waals surface area contributed by atoms with E-state index in [9.17, 15) is 9.90 Å². The minimum atomic E-state index is -1.10. The number of nitrogens with zero attached hydrogens (tertiary/aromatic N) is 2. The summed E-state index contributed by atoms with van der Waals surface area (Å²) in [4.78, 5) is 11.2. The topological polar surface area (TPSA) is 55.1 Å². The predicted molar refractivity (Wildman–Crippen MR) is 86.0 cm³/mol. The molecule has 0 saturated carbocycles. The van der Waals surface area contributed by atoms with Gasteiger partial charge in [0.15, 0.2) is 5.69 Å². The number of carbonyl (C=O) groups is 1. The first kappa shape index (κ1) is 14.6. The second kappa shape index (κ2) is 5.83. The average molecular weight is 333 g/mol. The molecular formula is C16H10Cl2N2O2. The van der Waals surface area contributed by atoms with Crippen LogP contribution in [0.1, 0.15) is 10.5 Å². The average Bonchev–Trinajstić information content (AvgIpc) is 2.94. The van der Waals surface area contributed by atoms with Gasteiger partial charge in [-0.3, -0.25) is 0 Å². The molecule has 6 heteroatoms. The predicted octanol–water partition coefficient (Wildman–Crippen LogP) is 4.54. The number of aromatic carboxylic acids is 1. The molecule has 0 unspecified atom stereocenters. The van der Waals surface area contributed by atoms with Crippen LogP contribution in [0.15, 0.2) is 54.6 Å². The maximum atomic E-state index is 11.2. The molecular weight excluding hydrogens is 323 g/mol. The molecule has 1 aromatic heterocycles. The second-order valence-electron chi connectivity index (χ2n) is 4.59. The number of aromatic nitrogens is 2. The summed E-state index contributed by atoms with van der Waals surface area (Å²) in [6.07, 6.45) is 0. The smallest absolute Gasteiger partial charge is 0.356 e. The van der Waals surface area contributed by atoms with Crippen molar-refractivity contribution in [3.8, 4) is 16.9 Å². The van der Waals surface area contributed by atoms with Crippen LogP contribution in [0.4, 0.5) is 0 Å². The van der Waals surface area contributed by atoms with Gasteiger partial charge < -0.3 is 5.11 Å². The van der Waals surface area contributed by atoms with E-state index in [0.29, 0.717) is 21.4 Å². The van der Waals surface area contributed by atoms with Crippen LogP contribution in [0.2, 0.25) is 10.0 Å². The van der Waals surface area contributed by atoms with Gasteiger partial charge in [-0.15, -0.1) is 0 Å². The molecule has 0 aliphatic heterocycles. The lowest BCUT2D eigenvalue weighted by Gasteiger charge is -2.09. The van der Waals surface area contributed by atoms with Crippen molar-refractivity contribution in [1.29, 1.82) is 0 Å². The molecule has 110 valence electrons. The van der Waals surface area contributed by atoms with Crippen LogP contribution in [0.3, 0.4) is 0 Å². The van der Waals surface area contributed by atoms with E-state index < -0.39 is 5.97 Å². The molecule has 0 amide bonds. The number of benzene rings is 2. The standard InChI is InChI=1S/C16H10Cl2N2O2/c17-11-7-5-10(6-8-11)15-9-13(16(21)22)19-20(15)14-4-2-1-3-12(14)18/h1-9H,(H,21,22). The Morgan fingerprint density at radius 1 is 1.05 bits per heavy atom. The van der Waals surface area contributed by atoms with Crippen LogP contribution >= 0.6 is 23.2 Å². The largest absolute Gasteiger partial charge is 0.476 e. The Hall–Kier alpha value is -2.30. The molecule has 3 aromatic rings. The summed E-state index contributed by atoms with van der Waals surface area (Å²) >= 11 is 12.1. The Morgan fingerprint density at radius 2 is 1.73 bits per heavy atom. The molecule has 0 saturated heterocycles. The molecule has 0 aliphatic carbocycles. The van der Waals surface area contributed by atoms with Crippen LogP contribution in [-0.4, -0.2) is 20.9 Å². The number of rotatable bonds is 3. The first-order valence-electron chi connectivity index (χ1n) is 6.40. The van der Waals surface area contributed by atoms with E-state index in [0.717, 1.165) is 5.56 Å². The van der Waals surface area contributed by atoms with E-state index in [1.807, 2.05) is 6.07 Å². The van der Waals surface area contributed by atoms with Crippen molar-refractivity contribution in [2.75, 3.05) is 0 Å². The van der Waals surface area contributed by atoms with Gasteiger partial charge in [0.05, 0.1) is 16.4 Å². The quantitative estimate of drug-likeness (QED) is 0.765. The lowest BCUT2D eigenvalue weighted by molar-refractivity contribution is 0.0690. The van der Waals surface area contributed by atoms with Crippen molar-refractivity contribution < 1.29 is 9.90 Å². The number of hydrogen-bond acceptors (Lipinski definition) is 2. The lowest BCUT2D eigenvalue weighted by Crippen LogP contribution is -2.02. The zero-order valence-corrected chi connectivity index (χ0v) is 12.7. The van der Waals surface area contributed by atoms with Gasteiger partial charge in [-0.2, -0.15) is 5.10 Å². The third-order valence-corrected chi connectivity index (χ3v) is 3.72. The summed E-state index contributed by atoms with van der Waals surface area (Å²) in [6.45, 7) is 0. The van der Waals surface area contributed by atoms with E-state index in [1.165, 1.54) is 10.7 Å². The lowest BCUT2D eigenvalue weighted by atomic mass is 10.1. The third-order valence-electron chi connectivity index (χ3n) is 3.15. The van der Waals surface area contributed by atoms with Crippen molar-refractivity contribution in [2.24, 2.45) is 0 Å². The van der Waals surface area contributed by atoms with Gasteiger partial charge in [0, 0.05) is 10.6 Å². The molecule has 1 heterocycles. The van der Waals surface area contributed by atoms with E-state index >= 15 is 0 Å². The maximum Gasteiger partial charge on any atom is 0.356 e. The van der Waals surface area contributed by atoms with Crippen LogP contribution in [0.25, 0.3) is 16.9 Å². The summed E-state index contributed by atoms with van der Waals surface area (Å²) in [5, 5.41) is 14.4. The first-order valence-corrected chi connectivity index (χ1v) is 7.16. The molecule has 4 nitrogen and oxygen atoms in total. The fourth-order valence-corrected chi connectivity index (χ4v) is 2.46. The van der Waals surface area contributed by atoms with E-state index in [-0.39, 0.29) is 5.69 Å². The fourth-order valence-electron chi connectivity index (χ4n) is 2.12. The van der Waals surface area contributed by atoms with Crippen molar-refractivity contribution >= 4 is 29.2 Å². The Kier molecular flexibility index (Phi) is 3.88. The van der Waals surface area contributed by atoms with Gasteiger partial charge in [0.1, 0.15) is 0 Å². The van der Waals surface area contributed by atoms with Crippen molar-refractivity contribution in [2.45, 2.75) is 0 Å². The van der Waals surface area contributed by atoms with Gasteiger partial charge in [-0.25, -0.2) is 9.48 Å². The molecule has 0 atom stereocenters. The van der Waals surface area contributed by atoms with Crippen LogP contribution in [0, 0.1) is 0 Å². The van der Waals surface area contributed by atoms with E-state index in [2.05, 4.69) is 5.10 Å². The Bertz CT molecular complexity index is 842. The third kappa shape index (κ3) is 2.71. The van der Waals surface area contributed by atoms with Crippen molar-refractivity contribution in [3.63, 3.8) is 0 Å². The van der Waals surface area contributed by atoms with E-state index in [1.54, 1.807) is 42.5 Å². The molecule has 0 fully saturated rings. The highest BCUT2D eigenvalue weighted by molar-refractivity contribution is 6.32. The monoisotopic (exact) mass is 332 g/mol. The number of hydrogen-bond donors (Lipinski definition) is 1. The first-order chi connectivity index (χ1) is 10.6. The van der Waals surface area contributed by atoms with Gasteiger partial charge in [0.25, 0.3) is 0 Å². The number of carboxylic acids is 1. The summed E-state index contributed by atoms with van der Waals surface area (Å²) in [6, 6.07) is 15.7. The van der Waals surface area contributed by atoms with Crippen LogP contribution < -0.4 is 0 Å². The molecule has 2 aromatic carbocycles. The Labute approximate surface area is 136 Å². The molecule has 1 N–H and O–H groups in total. The molecule has 3 rings (SSSR count). The molecule has 22 heavy (non-hydrogen) atoms. The highest BCUT2D eigenvalue weighted by Gasteiger charge is 2.17. The van der Waals surface area contributed by atoms with Crippen molar-refractivity contribution in [1.82, 2.24) is 9.78 Å². The zero-order chi connectivity index (χ0) is 15.7. The van der Waals surface area contributed by atoms with Gasteiger partial charge in [-0.1, -0.05) is 47.5 Å². The van der Waals surface area contributed by atoms with Gasteiger partial charge >= 0.3 is 5.97 Å². The second-order valence-corrected chi connectivity index (χ2v) is 5.43. The zero-order valence-electron chi connectivity index (χ0n) is 11.2. The normalized spacial score (nSPS) is 10.6. The molecule has 0 bridgehead atoms. The number of para-hydroxylation sites is 1. The fraction of sp³-hybridized carbons (Fsp3) is 0.